The molecule has 2 rings (SSSR count). The lowest BCUT2D eigenvalue weighted by Gasteiger charge is -2.45. The van der Waals surface area contributed by atoms with Gasteiger partial charge in [-0.3, -0.25) is 4.90 Å². The first-order valence-corrected chi connectivity index (χ1v) is 9.30. The number of hydrogen-bond acceptors (Lipinski definition) is 3. The number of amides is 1. The normalized spacial score (nSPS) is 22.0. The first-order chi connectivity index (χ1) is 12.4. The molecule has 1 aromatic carbocycles. The Morgan fingerprint density at radius 1 is 1.15 bits per heavy atom. The number of benzene rings is 1. The van der Waals surface area contributed by atoms with Crippen molar-refractivity contribution in [3.8, 4) is 0 Å². The average Bonchev–Trinajstić information content (AvgIpc) is 2.53. The summed E-state index contributed by atoms with van der Waals surface area (Å²) in [5.41, 5.74) is -0.351. The fourth-order valence-electron chi connectivity index (χ4n) is 3.30. The summed E-state index contributed by atoms with van der Waals surface area (Å²) in [5, 5.41) is 0. The van der Waals surface area contributed by atoms with E-state index in [4.69, 9.17) is 4.74 Å². The van der Waals surface area contributed by atoms with Gasteiger partial charge in [-0.25, -0.2) is 4.79 Å². The standard InChI is InChI=1S/C20H29F3N2O2/c1-6-17-13-25(18(26)27-19(3,4)5)14(2)11-24(17)12-15-7-9-16(10-8-15)20(21,22)23/h7-10,14,17H,6,11-13H2,1-5H3/t14-,17+/m0/s1. The van der Waals surface area contributed by atoms with Crippen molar-refractivity contribution in [2.45, 2.75) is 71.4 Å². The first kappa shape index (κ1) is 21.5. The molecule has 1 fully saturated rings. The van der Waals surface area contributed by atoms with E-state index < -0.39 is 17.3 Å². The van der Waals surface area contributed by atoms with Gasteiger partial charge in [-0.2, -0.15) is 13.2 Å². The molecule has 1 aliphatic heterocycles. The fraction of sp³-hybridized carbons (Fsp3) is 0.650. The summed E-state index contributed by atoms with van der Waals surface area (Å²) >= 11 is 0. The number of nitrogens with zero attached hydrogens (tertiary/aromatic N) is 2. The SMILES string of the molecule is CC[C@@H]1CN(C(=O)OC(C)(C)C)[C@@H](C)CN1Cc1ccc(C(F)(F)F)cc1. The molecule has 1 saturated heterocycles. The van der Waals surface area contributed by atoms with E-state index in [-0.39, 0.29) is 18.2 Å². The summed E-state index contributed by atoms with van der Waals surface area (Å²) in [6, 6.07) is 5.40. The highest BCUT2D eigenvalue weighted by molar-refractivity contribution is 5.68. The van der Waals surface area contributed by atoms with Gasteiger partial charge in [0.05, 0.1) is 5.56 Å². The van der Waals surface area contributed by atoms with Crippen molar-refractivity contribution >= 4 is 6.09 Å². The van der Waals surface area contributed by atoms with E-state index in [1.807, 2.05) is 34.6 Å². The summed E-state index contributed by atoms with van der Waals surface area (Å²) in [6.07, 6.45) is -3.80. The molecule has 0 aliphatic carbocycles. The number of carbonyl (C=O) groups is 1. The third-order valence-corrected chi connectivity index (χ3v) is 4.72. The highest BCUT2D eigenvalue weighted by Crippen LogP contribution is 2.29. The monoisotopic (exact) mass is 386 g/mol. The van der Waals surface area contributed by atoms with Gasteiger partial charge in [0.1, 0.15) is 5.60 Å². The van der Waals surface area contributed by atoms with Crippen molar-refractivity contribution in [3.05, 3.63) is 35.4 Å². The molecule has 0 saturated carbocycles. The smallest absolute Gasteiger partial charge is 0.416 e. The van der Waals surface area contributed by atoms with Crippen LogP contribution in [0, 0.1) is 0 Å². The third kappa shape index (κ3) is 5.86. The van der Waals surface area contributed by atoms with Gasteiger partial charge in [0, 0.05) is 31.7 Å². The van der Waals surface area contributed by atoms with E-state index in [0.29, 0.717) is 19.6 Å². The Labute approximate surface area is 159 Å². The van der Waals surface area contributed by atoms with E-state index in [9.17, 15) is 18.0 Å². The Balaban J connectivity index is 2.06. The van der Waals surface area contributed by atoms with Crippen molar-refractivity contribution in [1.29, 1.82) is 0 Å². The average molecular weight is 386 g/mol. The van der Waals surface area contributed by atoms with Crippen molar-refractivity contribution in [1.82, 2.24) is 9.80 Å². The third-order valence-electron chi connectivity index (χ3n) is 4.72. The first-order valence-electron chi connectivity index (χ1n) is 9.30. The second kappa shape index (κ2) is 8.09. The van der Waals surface area contributed by atoms with Gasteiger partial charge in [-0.1, -0.05) is 19.1 Å². The van der Waals surface area contributed by atoms with E-state index in [0.717, 1.165) is 24.1 Å². The van der Waals surface area contributed by atoms with Crippen LogP contribution in [0.3, 0.4) is 0 Å². The zero-order valence-corrected chi connectivity index (χ0v) is 16.6. The number of piperazine rings is 1. The van der Waals surface area contributed by atoms with Crippen LogP contribution in [0.15, 0.2) is 24.3 Å². The maximum Gasteiger partial charge on any atom is 0.416 e. The Bertz CT molecular complexity index is 638. The van der Waals surface area contributed by atoms with Crippen molar-refractivity contribution < 1.29 is 22.7 Å². The van der Waals surface area contributed by atoms with Crippen LogP contribution in [0.2, 0.25) is 0 Å². The van der Waals surface area contributed by atoms with Crippen LogP contribution in [0.5, 0.6) is 0 Å². The van der Waals surface area contributed by atoms with Gasteiger partial charge in [0.15, 0.2) is 0 Å². The lowest BCUT2D eigenvalue weighted by Crippen LogP contribution is -2.59. The van der Waals surface area contributed by atoms with Crippen LogP contribution < -0.4 is 0 Å². The molecule has 4 nitrogen and oxygen atoms in total. The number of alkyl halides is 3. The molecule has 0 aromatic heterocycles. The molecule has 0 unspecified atom stereocenters. The summed E-state index contributed by atoms with van der Waals surface area (Å²) < 4.78 is 43.7. The van der Waals surface area contributed by atoms with Gasteiger partial charge in [0.25, 0.3) is 0 Å². The Hall–Kier alpha value is -1.76. The summed E-state index contributed by atoms with van der Waals surface area (Å²) in [7, 11) is 0. The number of rotatable bonds is 3. The van der Waals surface area contributed by atoms with Gasteiger partial charge in [-0.05, 0) is 51.8 Å². The summed E-state index contributed by atoms with van der Waals surface area (Å²) in [6.45, 7) is 11.3. The molecule has 2 atom stereocenters. The zero-order valence-electron chi connectivity index (χ0n) is 16.6. The van der Waals surface area contributed by atoms with Crippen molar-refractivity contribution in [2.24, 2.45) is 0 Å². The molecule has 152 valence electrons. The minimum absolute atomic E-state index is 0.0305. The van der Waals surface area contributed by atoms with Gasteiger partial charge in [-0.15, -0.1) is 0 Å². The topological polar surface area (TPSA) is 32.8 Å². The maximum atomic E-state index is 12.7. The van der Waals surface area contributed by atoms with E-state index in [1.165, 1.54) is 12.1 Å². The molecule has 1 heterocycles. The highest BCUT2D eigenvalue weighted by atomic mass is 19.4. The minimum Gasteiger partial charge on any atom is -0.444 e. The second-order valence-corrected chi connectivity index (χ2v) is 8.17. The Kier molecular flexibility index (Phi) is 6.45. The number of halogens is 3. The van der Waals surface area contributed by atoms with Crippen LogP contribution in [-0.2, 0) is 17.5 Å². The van der Waals surface area contributed by atoms with Gasteiger partial charge in [0.2, 0.25) is 0 Å². The lowest BCUT2D eigenvalue weighted by atomic mass is 10.0. The molecule has 0 radical (unpaired) electrons. The maximum absolute atomic E-state index is 12.7. The van der Waals surface area contributed by atoms with E-state index in [1.54, 1.807) is 4.90 Å². The minimum atomic E-state index is -4.32. The largest absolute Gasteiger partial charge is 0.444 e. The van der Waals surface area contributed by atoms with Crippen molar-refractivity contribution in [2.75, 3.05) is 13.1 Å². The molecule has 0 spiro atoms. The Morgan fingerprint density at radius 3 is 2.22 bits per heavy atom. The molecule has 27 heavy (non-hydrogen) atoms. The fourth-order valence-corrected chi connectivity index (χ4v) is 3.30. The molecular weight excluding hydrogens is 357 g/mol. The van der Waals surface area contributed by atoms with Gasteiger partial charge >= 0.3 is 12.3 Å². The molecule has 0 N–H and O–H groups in total. The van der Waals surface area contributed by atoms with Crippen LogP contribution in [0.1, 0.15) is 52.2 Å². The van der Waals surface area contributed by atoms with Crippen molar-refractivity contribution in [3.63, 3.8) is 0 Å². The molecule has 1 aliphatic rings. The molecule has 1 aromatic rings. The van der Waals surface area contributed by atoms with Crippen LogP contribution >= 0.6 is 0 Å². The molecule has 7 heteroatoms. The van der Waals surface area contributed by atoms with Crippen LogP contribution in [-0.4, -0.2) is 46.7 Å². The molecule has 0 bridgehead atoms. The predicted octanol–water partition coefficient (Wildman–Crippen LogP) is 4.93. The van der Waals surface area contributed by atoms with E-state index >= 15 is 0 Å². The van der Waals surface area contributed by atoms with Gasteiger partial charge < -0.3 is 9.64 Å². The molecule has 1 amide bonds. The lowest BCUT2D eigenvalue weighted by molar-refractivity contribution is -0.137. The number of ether oxygens (including phenoxy) is 1. The van der Waals surface area contributed by atoms with E-state index in [2.05, 4.69) is 4.90 Å². The quantitative estimate of drug-likeness (QED) is 0.739. The highest BCUT2D eigenvalue weighted by Gasteiger charge is 2.35. The zero-order chi connectivity index (χ0) is 20.4. The summed E-state index contributed by atoms with van der Waals surface area (Å²) in [4.78, 5) is 16.4. The van der Waals surface area contributed by atoms with Crippen LogP contribution in [0.4, 0.5) is 18.0 Å². The number of carbonyl (C=O) groups excluding carboxylic acids is 1. The molecular formula is C20H29F3N2O2. The second-order valence-electron chi connectivity index (χ2n) is 8.17. The Morgan fingerprint density at radius 2 is 1.74 bits per heavy atom. The van der Waals surface area contributed by atoms with Crippen LogP contribution in [0.25, 0.3) is 0 Å². The summed E-state index contributed by atoms with van der Waals surface area (Å²) in [5.74, 6) is 0. The predicted molar refractivity (Wildman–Crippen MR) is 98.3 cm³/mol. The number of hydrogen-bond donors (Lipinski definition) is 0.